The van der Waals surface area contributed by atoms with Crippen LogP contribution < -0.4 is 15.2 Å². The van der Waals surface area contributed by atoms with Gasteiger partial charge in [-0.3, -0.25) is 14.6 Å². The largest absolute Gasteiger partial charge is 0.496 e. The highest BCUT2D eigenvalue weighted by atomic mass is 35.5. The molecule has 1 aliphatic rings. The van der Waals surface area contributed by atoms with Gasteiger partial charge >= 0.3 is 0 Å². The van der Waals surface area contributed by atoms with Gasteiger partial charge in [0.25, 0.3) is 5.91 Å². The number of nitrogens with zero attached hydrogens (tertiary/aromatic N) is 2. The van der Waals surface area contributed by atoms with Crippen LogP contribution in [0.1, 0.15) is 22.3 Å². The number of hydrogen-bond donors (Lipinski definition) is 1. The van der Waals surface area contributed by atoms with Gasteiger partial charge in [0.1, 0.15) is 17.7 Å². The Morgan fingerprint density at radius 1 is 1.24 bits per heavy atom. The van der Waals surface area contributed by atoms with Crippen LogP contribution in [0.4, 0.5) is 8.78 Å². The quantitative estimate of drug-likeness (QED) is 0.580. The normalized spacial score (nSPS) is 15.6. The Bertz CT molecular complexity index is 1250. The molecule has 0 radical (unpaired) electrons. The maximum absolute atomic E-state index is 15.0. The average molecular weight is 476 g/mol. The summed E-state index contributed by atoms with van der Waals surface area (Å²) in [4.78, 5) is 29.8. The van der Waals surface area contributed by atoms with Crippen LogP contribution in [0.5, 0.6) is 17.2 Å². The van der Waals surface area contributed by atoms with Gasteiger partial charge in [-0.1, -0.05) is 17.7 Å². The molecule has 1 aromatic heterocycles. The number of fused-ring (bicyclic) bond motifs is 1. The first-order valence-corrected chi connectivity index (χ1v) is 10.5. The minimum Gasteiger partial charge on any atom is -0.496 e. The van der Waals surface area contributed by atoms with Gasteiger partial charge in [-0.2, -0.15) is 0 Å². The minimum atomic E-state index is -1.04. The number of rotatable bonds is 6. The van der Waals surface area contributed by atoms with Crippen LogP contribution in [-0.2, 0) is 11.2 Å². The first-order chi connectivity index (χ1) is 15.8. The van der Waals surface area contributed by atoms with Crippen LogP contribution in [0, 0.1) is 5.82 Å². The summed E-state index contributed by atoms with van der Waals surface area (Å²) in [5.41, 5.74) is 6.26. The molecule has 0 bridgehead atoms. The van der Waals surface area contributed by atoms with Gasteiger partial charge in [-0.15, -0.1) is 0 Å². The third-order valence-corrected chi connectivity index (χ3v) is 5.87. The van der Waals surface area contributed by atoms with Crippen molar-refractivity contribution in [3.05, 3.63) is 58.5 Å². The lowest BCUT2D eigenvalue weighted by molar-refractivity contribution is -0.129. The third kappa shape index (κ3) is 4.54. The highest BCUT2D eigenvalue weighted by Gasteiger charge is 2.27. The molecule has 1 atom stereocenters. The molecular formula is C23H20ClF2N3O4. The maximum Gasteiger partial charge on any atom is 0.252 e. The highest BCUT2D eigenvalue weighted by Crippen LogP contribution is 2.36. The van der Waals surface area contributed by atoms with E-state index in [9.17, 15) is 14.0 Å². The molecule has 172 valence electrons. The Kier molecular flexibility index (Phi) is 6.33. The van der Waals surface area contributed by atoms with Crippen LogP contribution in [0.15, 0.2) is 36.5 Å². The van der Waals surface area contributed by atoms with Crippen molar-refractivity contribution in [2.75, 3.05) is 20.2 Å². The van der Waals surface area contributed by atoms with E-state index >= 15 is 4.39 Å². The molecule has 1 fully saturated rings. The number of carbonyl (C=O) groups is 2. The van der Waals surface area contributed by atoms with E-state index in [1.807, 2.05) is 0 Å². The molecule has 1 saturated heterocycles. The van der Waals surface area contributed by atoms with Gasteiger partial charge in [0, 0.05) is 24.2 Å². The number of amides is 2. The van der Waals surface area contributed by atoms with Crippen molar-refractivity contribution < 1.29 is 27.8 Å². The lowest BCUT2D eigenvalue weighted by Crippen LogP contribution is -2.30. The predicted octanol–water partition coefficient (Wildman–Crippen LogP) is 4.04. The minimum absolute atomic E-state index is 0.0350. The lowest BCUT2D eigenvalue weighted by atomic mass is 10.1. The Balaban J connectivity index is 1.63. The number of carbonyl (C=O) groups excluding carboxylic acids is 2. The fraction of sp³-hybridized carbons (Fsp3) is 0.261. The Hall–Kier alpha value is -3.46. The highest BCUT2D eigenvalue weighted by molar-refractivity contribution is 6.31. The standard InChI is InChI=1S/C23H20ClF2N3O4/c1-32-19-10-16-14(9-15(19)23(27)31)17(4-6-28-16)33-18-3-2-12(21(24)22(18)26)8-20(30)29-7-5-13(25)11-29/h2-4,6,9-10,13H,5,7-8,11H2,1H3,(H2,27,31). The molecule has 7 nitrogen and oxygen atoms in total. The zero-order valence-electron chi connectivity index (χ0n) is 17.6. The second-order valence-corrected chi connectivity index (χ2v) is 7.98. The van der Waals surface area contributed by atoms with Gasteiger partial charge in [0.05, 0.1) is 36.2 Å². The molecule has 4 rings (SSSR count). The van der Waals surface area contributed by atoms with E-state index in [0.29, 0.717) is 23.9 Å². The SMILES string of the molecule is COc1cc2nccc(Oc3ccc(CC(=O)N4CCC(F)C4)c(Cl)c3F)c2cc1C(N)=O. The van der Waals surface area contributed by atoms with E-state index in [1.165, 1.54) is 48.5 Å². The summed E-state index contributed by atoms with van der Waals surface area (Å²) in [6, 6.07) is 7.34. The molecule has 33 heavy (non-hydrogen) atoms. The summed E-state index contributed by atoms with van der Waals surface area (Å²) in [6.45, 7) is 0.363. The van der Waals surface area contributed by atoms with Crippen LogP contribution in [0.3, 0.4) is 0 Å². The number of nitrogens with two attached hydrogens (primary N) is 1. The monoisotopic (exact) mass is 475 g/mol. The summed E-state index contributed by atoms with van der Waals surface area (Å²) in [5, 5.41) is 0.159. The smallest absolute Gasteiger partial charge is 0.252 e. The molecule has 0 spiro atoms. The van der Waals surface area contributed by atoms with Crippen molar-refractivity contribution in [1.29, 1.82) is 0 Å². The molecule has 10 heteroatoms. The fourth-order valence-electron chi connectivity index (χ4n) is 3.72. The van der Waals surface area contributed by atoms with Gasteiger partial charge in [0.15, 0.2) is 11.6 Å². The van der Waals surface area contributed by atoms with Crippen molar-refractivity contribution in [1.82, 2.24) is 9.88 Å². The number of hydrogen-bond acceptors (Lipinski definition) is 5. The van der Waals surface area contributed by atoms with Gasteiger partial charge < -0.3 is 20.1 Å². The van der Waals surface area contributed by atoms with Crippen molar-refractivity contribution in [2.45, 2.75) is 19.0 Å². The molecule has 1 unspecified atom stereocenters. The molecule has 2 heterocycles. The van der Waals surface area contributed by atoms with E-state index < -0.39 is 17.9 Å². The van der Waals surface area contributed by atoms with E-state index in [-0.39, 0.29) is 52.3 Å². The second kappa shape index (κ2) is 9.19. The zero-order valence-corrected chi connectivity index (χ0v) is 18.4. The zero-order chi connectivity index (χ0) is 23.7. The van der Waals surface area contributed by atoms with E-state index in [1.54, 1.807) is 0 Å². The van der Waals surface area contributed by atoms with Gasteiger partial charge in [-0.25, -0.2) is 8.78 Å². The Labute approximate surface area is 193 Å². The summed E-state index contributed by atoms with van der Waals surface area (Å²) in [6.07, 6.45) is 0.566. The van der Waals surface area contributed by atoms with Crippen LogP contribution >= 0.6 is 11.6 Å². The molecule has 2 aromatic carbocycles. The number of halogens is 3. The molecule has 1 aliphatic heterocycles. The lowest BCUT2D eigenvalue weighted by Gasteiger charge is -2.17. The number of primary amides is 1. The maximum atomic E-state index is 15.0. The first kappa shape index (κ1) is 22.7. The first-order valence-electron chi connectivity index (χ1n) is 10.1. The molecular weight excluding hydrogens is 456 g/mol. The molecule has 0 aliphatic carbocycles. The van der Waals surface area contributed by atoms with Crippen molar-refractivity contribution in [2.24, 2.45) is 5.73 Å². The second-order valence-electron chi connectivity index (χ2n) is 7.60. The number of aromatic nitrogens is 1. The molecule has 2 N–H and O–H groups in total. The van der Waals surface area contributed by atoms with Crippen LogP contribution in [-0.4, -0.2) is 48.1 Å². The number of likely N-dealkylation sites (tertiary alicyclic amines) is 1. The topological polar surface area (TPSA) is 94.8 Å². The van der Waals surface area contributed by atoms with Crippen molar-refractivity contribution in [3.63, 3.8) is 0 Å². The molecule has 0 saturated carbocycles. The Morgan fingerprint density at radius 2 is 2.03 bits per heavy atom. The number of alkyl halides is 1. The van der Waals surface area contributed by atoms with Crippen LogP contribution in [0.2, 0.25) is 5.02 Å². The summed E-state index contributed by atoms with van der Waals surface area (Å²) >= 11 is 6.18. The number of methoxy groups -OCH3 is 1. The van der Waals surface area contributed by atoms with Crippen LogP contribution in [0.25, 0.3) is 10.9 Å². The van der Waals surface area contributed by atoms with Gasteiger partial charge in [-0.05, 0) is 30.2 Å². The summed E-state index contributed by atoms with van der Waals surface area (Å²) in [5.74, 6) is -1.58. The molecule has 3 aromatic rings. The van der Waals surface area contributed by atoms with Crippen molar-refractivity contribution in [3.8, 4) is 17.2 Å². The predicted molar refractivity (Wildman–Crippen MR) is 118 cm³/mol. The van der Waals surface area contributed by atoms with Gasteiger partial charge in [0.2, 0.25) is 5.91 Å². The summed E-state index contributed by atoms with van der Waals surface area (Å²) in [7, 11) is 1.40. The summed E-state index contributed by atoms with van der Waals surface area (Å²) < 4.78 is 39.3. The number of pyridine rings is 1. The average Bonchev–Trinajstić information content (AvgIpc) is 3.24. The Morgan fingerprint density at radius 3 is 2.70 bits per heavy atom. The van der Waals surface area contributed by atoms with E-state index in [2.05, 4.69) is 4.98 Å². The third-order valence-electron chi connectivity index (χ3n) is 5.46. The fourth-order valence-corrected chi connectivity index (χ4v) is 3.95. The van der Waals surface area contributed by atoms with E-state index in [0.717, 1.165) is 0 Å². The molecule has 2 amide bonds. The number of ether oxygens (including phenoxy) is 2. The van der Waals surface area contributed by atoms with Crippen molar-refractivity contribution >= 4 is 34.3 Å². The number of benzene rings is 2. The van der Waals surface area contributed by atoms with E-state index in [4.69, 9.17) is 26.8 Å².